The molecule has 34 heavy (non-hydrogen) atoms. The maximum atomic E-state index is 12.7. The molecule has 2 aromatic rings. The van der Waals surface area contributed by atoms with Crippen molar-refractivity contribution in [2.75, 3.05) is 11.9 Å². The summed E-state index contributed by atoms with van der Waals surface area (Å²) in [5.41, 5.74) is 2.58. The highest BCUT2D eigenvalue weighted by Gasteiger charge is 2.28. The first kappa shape index (κ1) is 28.4. The predicted molar refractivity (Wildman–Crippen MR) is 142 cm³/mol. The maximum absolute atomic E-state index is 12.7. The zero-order valence-corrected chi connectivity index (χ0v) is 22.1. The molecule has 1 fully saturated rings. The Balaban J connectivity index is 0.00000204. The molecule has 1 amide bonds. The molecule has 2 atom stereocenters. The largest absolute Gasteiger partial charge is 0.369 e. The first-order chi connectivity index (χ1) is 15.3. The normalized spacial score (nSPS) is 20.1. The molecule has 8 nitrogen and oxygen atoms in total. The van der Waals surface area contributed by atoms with Crippen molar-refractivity contribution in [2.24, 2.45) is 4.99 Å². The van der Waals surface area contributed by atoms with E-state index in [1.165, 1.54) is 6.42 Å². The summed E-state index contributed by atoms with van der Waals surface area (Å²) < 4.78 is 0. The van der Waals surface area contributed by atoms with Crippen molar-refractivity contribution in [3.63, 3.8) is 0 Å². The number of hydroxylamine groups is 1. The van der Waals surface area contributed by atoms with Gasteiger partial charge in [-0.2, -0.15) is 0 Å². The number of amidine groups is 1. The lowest BCUT2D eigenvalue weighted by Gasteiger charge is -2.34. The minimum absolute atomic E-state index is 0. The van der Waals surface area contributed by atoms with E-state index in [2.05, 4.69) is 31.1 Å². The fourth-order valence-electron chi connectivity index (χ4n) is 4.08. The molecule has 1 aromatic carbocycles. The van der Waals surface area contributed by atoms with Crippen molar-refractivity contribution in [2.45, 2.75) is 77.0 Å². The van der Waals surface area contributed by atoms with Crippen LogP contribution in [0.1, 0.15) is 69.9 Å². The van der Waals surface area contributed by atoms with Crippen LogP contribution in [-0.4, -0.2) is 45.9 Å². The van der Waals surface area contributed by atoms with Gasteiger partial charge in [0.25, 0.3) is 0 Å². The SMILES string of the molecule is CC(C)(C)ONC(=O)c1nc(N[C@H]2CCCC[C@H]2NC2=NCCC2)c2cc(Cl)ccc2n1.Cl.Cl. The Hall–Kier alpha value is -1.87. The molecule has 1 aliphatic heterocycles. The van der Waals surface area contributed by atoms with Crippen LogP contribution < -0.4 is 16.1 Å². The molecular formula is C23H33Cl3N6O2. The number of halogens is 3. The lowest BCUT2D eigenvalue weighted by molar-refractivity contribution is -0.0593. The van der Waals surface area contributed by atoms with E-state index in [1.54, 1.807) is 12.1 Å². The average molecular weight is 532 g/mol. The van der Waals surface area contributed by atoms with E-state index < -0.39 is 11.5 Å². The zero-order valence-electron chi connectivity index (χ0n) is 19.7. The van der Waals surface area contributed by atoms with Crippen molar-refractivity contribution in [1.82, 2.24) is 20.8 Å². The van der Waals surface area contributed by atoms with E-state index in [-0.39, 0.29) is 42.7 Å². The number of aromatic nitrogens is 2. The van der Waals surface area contributed by atoms with Gasteiger partial charge in [0, 0.05) is 35.5 Å². The number of hydrogen-bond donors (Lipinski definition) is 3. The molecule has 1 aliphatic carbocycles. The number of benzene rings is 1. The van der Waals surface area contributed by atoms with Crippen molar-refractivity contribution in [3.05, 3.63) is 29.0 Å². The van der Waals surface area contributed by atoms with Crippen molar-refractivity contribution in [1.29, 1.82) is 0 Å². The topological polar surface area (TPSA) is 101 Å². The molecule has 0 unspecified atom stereocenters. The first-order valence-electron chi connectivity index (χ1n) is 11.3. The van der Waals surface area contributed by atoms with E-state index in [1.807, 2.05) is 26.8 Å². The number of aliphatic imine (C=N–C) groups is 1. The van der Waals surface area contributed by atoms with Gasteiger partial charge in [0.2, 0.25) is 5.82 Å². The third-order valence-electron chi connectivity index (χ3n) is 5.63. The summed E-state index contributed by atoms with van der Waals surface area (Å²) in [7, 11) is 0. The molecule has 0 radical (unpaired) electrons. The number of carbonyl (C=O) groups is 1. The number of nitrogens with zero attached hydrogens (tertiary/aromatic N) is 3. The number of hydrogen-bond acceptors (Lipinski definition) is 7. The van der Waals surface area contributed by atoms with Crippen LogP contribution in [0.3, 0.4) is 0 Å². The fraction of sp³-hybridized carbons (Fsp3) is 0.565. The van der Waals surface area contributed by atoms with Gasteiger partial charge in [-0.1, -0.05) is 24.4 Å². The van der Waals surface area contributed by atoms with Crippen LogP contribution in [0.4, 0.5) is 5.82 Å². The fourth-order valence-corrected chi connectivity index (χ4v) is 4.25. The smallest absolute Gasteiger partial charge is 0.312 e. The number of carbonyl (C=O) groups excluding carboxylic acids is 1. The molecule has 0 saturated heterocycles. The summed E-state index contributed by atoms with van der Waals surface area (Å²) in [6.07, 6.45) is 6.50. The van der Waals surface area contributed by atoms with Gasteiger partial charge in [-0.05, 0) is 58.2 Å². The van der Waals surface area contributed by atoms with Crippen LogP contribution >= 0.6 is 36.4 Å². The van der Waals surface area contributed by atoms with Crippen molar-refractivity contribution >= 4 is 64.9 Å². The zero-order chi connectivity index (χ0) is 22.7. The van der Waals surface area contributed by atoms with Crippen LogP contribution in [0.5, 0.6) is 0 Å². The molecule has 2 heterocycles. The summed E-state index contributed by atoms with van der Waals surface area (Å²) in [6.45, 7) is 6.47. The predicted octanol–water partition coefficient (Wildman–Crippen LogP) is 5.09. The Bertz CT molecular complexity index is 1030. The Morgan fingerprint density at radius 2 is 1.76 bits per heavy atom. The first-order valence-corrected chi connectivity index (χ1v) is 11.7. The van der Waals surface area contributed by atoms with Gasteiger partial charge in [-0.15, -0.1) is 24.8 Å². The summed E-state index contributed by atoms with van der Waals surface area (Å²) in [5.74, 6) is 1.26. The third-order valence-corrected chi connectivity index (χ3v) is 5.86. The number of nitrogens with one attached hydrogen (secondary N) is 3. The second-order valence-electron chi connectivity index (χ2n) is 9.42. The summed E-state index contributed by atoms with van der Waals surface area (Å²) in [4.78, 5) is 31.7. The molecule has 2 aliphatic rings. The van der Waals surface area contributed by atoms with E-state index in [0.29, 0.717) is 16.4 Å². The molecular weight excluding hydrogens is 499 g/mol. The maximum Gasteiger partial charge on any atom is 0.312 e. The molecule has 1 aromatic heterocycles. The second-order valence-corrected chi connectivity index (χ2v) is 9.86. The van der Waals surface area contributed by atoms with E-state index in [9.17, 15) is 4.79 Å². The summed E-state index contributed by atoms with van der Waals surface area (Å²) in [5, 5.41) is 8.61. The second kappa shape index (κ2) is 12.2. The van der Waals surface area contributed by atoms with E-state index in [0.717, 1.165) is 49.9 Å². The lowest BCUT2D eigenvalue weighted by Crippen LogP contribution is -2.48. The van der Waals surface area contributed by atoms with E-state index >= 15 is 0 Å². The molecule has 3 N–H and O–H groups in total. The van der Waals surface area contributed by atoms with Crippen molar-refractivity contribution < 1.29 is 9.63 Å². The highest BCUT2D eigenvalue weighted by molar-refractivity contribution is 6.31. The number of fused-ring (bicyclic) bond motifs is 1. The van der Waals surface area contributed by atoms with Gasteiger partial charge in [0.15, 0.2) is 0 Å². The van der Waals surface area contributed by atoms with Gasteiger partial charge in [0.05, 0.1) is 17.0 Å². The van der Waals surface area contributed by atoms with Gasteiger partial charge in [0.1, 0.15) is 5.82 Å². The minimum Gasteiger partial charge on any atom is -0.369 e. The molecule has 1 saturated carbocycles. The van der Waals surface area contributed by atoms with Crippen LogP contribution in [0.2, 0.25) is 5.02 Å². The monoisotopic (exact) mass is 530 g/mol. The number of anilines is 1. The Kier molecular flexibility index (Phi) is 10.2. The Morgan fingerprint density at radius 1 is 1.06 bits per heavy atom. The summed E-state index contributed by atoms with van der Waals surface area (Å²) in [6, 6.07) is 5.81. The number of rotatable bonds is 5. The molecule has 4 rings (SSSR count). The van der Waals surface area contributed by atoms with Crippen molar-refractivity contribution in [3.8, 4) is 0 Å². The highest BCUT2D eigenvalue weighted by atomic mass is 35.5. The molecule has 0 bridgehead atoms. The van der Waals surface area contributed by atoms with Crippen LogP contribution in [0, 0.1) is 0 Å². The Morgan fingerprint density at radius 3 is 2.41 bits per heavy atom. The van der Waals surface area contributed by atoms with Gasteiger partial charge >= 0.3 is 5.91 Å². The third kappa shape index (κ3) is 7.31. The minimum atomic E-state index is -0.523. The van der Waals surface area contributed by atoms with Gasteiger partial charge in [-0.3, -0.25) is 14.6 Å². The quantitative estimate of drug-likeness (QED) is 0.465. The molecule has 188 valence electrons. The standard InChI is InChI=1S/C23H31ClN6O2.2ClH/c1-23(2,3)32-30-22(31)21-27-16-11-10-14(24)13-15(16)20(29-21)28-18-8-5-4-7-17(18)26-19-9-6-12-25-19;;/h10-11,13,17-18H,4-9,12H2,1-3H3,(H,25,26)(H,30,31)(H,27,28,29);2*1H/t17-,18+;;/m1../s1. The van der Waals surface area contributed by atoms with Crippen LogP contribution in [0.15, 0.2) is 23.2 Å². The van der Waals surface area contributed by atoms with Crippen LogP contribution in [-0.2, 0) is 4.84 Å². The van der Waals surface area contributed by atoms with Gasteiger partial charge in [-0.25, -0.2) is 15.4 Å². The van der Waals surface area contributed by atoms with E-state index in [4.69, 9.17) is 16.4 Å². The summed E-state index contributed by atoms with van der Waals surface area (Å²) >= 11 is 6.27. The Labute approximate surface area is 217 Å². The number of amides is 1. The lowest BCUT2D eigenvalue weighted by atomic mass is 9.90. The van der Waals surface area contributed by atoms with Crippen LogP contribution in [0.25, 0.3) is 10.9 Å². The molecule has 0 spiro atoms. The molecule has 11 heteroatoms. The average Bonchev–Trinajstić information content (AvgIpc) is 3.26. The van der Waals surface area contributed by atoms with Gasteiger partial charge < -0.3 is 10.6 Å². The highest BCUT2D eigenvalue weighted by Crippen LogP contribution is 2.28.